The fraction of sp³-hybridized carbons (Fsp3) is 0.263. The van der Waals surface area contributed by atoms with Gasteiger partial charge in [-0.2, -0.15) is 5.10 Å². The van der Waals surface area contributed by atoms with E-state index in [0.717, 1.165) is 21.3 Å². The Kier molecular flexibility index (Phi) is 5.78. The van der Waals surface area contributed by atoms with Crippen LogP contribution in [0.4, 0.5) is 0 Å². The number of hydrogen-bond acceptors (Lipinski definition) is 4. The van der Waals surface area contributed by atoms with E-state index in [2.05, 4.69) is 32.4 Å². The number of aromatic nitrogens is 2. The van der Waals surface area contributed by atoms with Crippen LogP contribution < -0.4 is 10.1 Å². The summed E-state index contributed by atoms with van der Waals surface area (Å²) in [7, 11) is 0. The van der Waals surface area contributed by atoms with Crippen LogP contribution in [-0.4, -0.2) is 22.2 Å². The Labute approximate surface area is 160 Å². The summed E-state index contributed by atoms with van der Waals surface area (Å²) in [4.78, 5) is 12.1. The molecule has 0 atom stereocenters. The van der Waals surface area contributed by atoms with E-state index >= 15 is 0 Å². The highest BCUT2D eigenvalue weighted by Gasteiger charge is 2.11. The first-order valence-electron chi connectivity index (χ1n) is 8.25. The maximum absolute atomic E-state index is 12.1. The molecule has 3 aromatic rings. The Balaban J connectivity index is 1.49. The van der Waals surface area contributed by atoms with E-state index in [4.69, 9.17) is 9.15 Å². The first kappa shape index (κ1) is 18.3. The van der Waals surface area contributed by atoms with E-state index in [1.807, 2.05) is 32.2 Å². The Bertz CT molecular complexity index is 881. The average Bonchev–Trinajstić information content (AvgIpc) is 3.21. The van der Waals surface area contributed by atoms with Gasteiger partial charge in [0.15, 0.2) is 5.76 Å². The van der Waals surface area contributed by atoms with Crippen molar-refractivity contribution < 1.29 is 13.9 Å². The lowest BCUT2D eigenvalue weighted by Crippen LogP contribution is -2.27. The number of nitrogens with zero attached hydrogens (tertiary/aromatic N) is 2. The van der Waals surface area contributed by atoms with Crippen molar-refractivity contribution in [3.05, 3.63) is 69.8 Å². The Morgan fingerprint density at radius 1 is 1.27 bits per heavy atom. The second kappa shape index (κ2) is 8.23. The van der Waals surface area contributed by atoms with Crippen LogP contribution in [0.3, 0.4) is 0 Å². The molecule has 136 valence electrons. The first-order valence-corrected chi connectivity index (χ1v) is 9.05. The van der Waals surface area contributed by atoms with Gasteiger partial charge < -0.3 is 14.5 Å². The third kappa shape index (κ3) is 4.98. The molecule has 0 aliphatic carbocycles. The Morgan fingerprint density at radius 3 is 2.73 bits per heavy atom. The van der Waals surface area contributed by atoms with Crippen LogP contribution in [-0.2, 0) is 13.2 Å². The predicted molar refractivity (Wildman–Crippen MR) is 101 cm³/mol. The number of amides is 1. The molecule has 6 nitrogen and oxygen atoms in total. The van der Waals surface area contributed by atoms with Gasteiger partial charge in [0.2, 0.25) is 0 Å². The molecular weight excluding hydrogens is 398 g/mol. The lowest BCUT2D eigenvalue weighted by Gasteiger charge is -2.07. The largest absolute Gasteiger partial charge is 0.486 e. The molecule has 1 aromatic carbocycles. The van der Waals surface area contributed by atoms with Gasteiger partial charge in [0.1, 0.15) is 18.1 Å². The van der Waals surface area contributed by atoms with Gasteiger partial charge in [0.25, 0.3) is 5.91 Å². The number of hydrogen-bond donors (Lipinski definition) is 1. The summed E-state index contributed by atoms with van der Waals surface area (Å²) in [6, 6.07) is 9.43. The fourth-order valence-corrected chi connectivity index (χ4v) is 2.91. The number of rotatable bonds is 7. The highest BCUT2D eigenvalue weighted by Crippen LogP contribution is 2.18. The van der Waals surface area contributed by atoms with Crippen molar-refractivity contribution in [1.82, 2.24) is 15.1 Å². The second-order valence-electron chi connectivity index (χ2n) is 6.06. The van der Waals surface area contributed by atoms with Crippen molar-refractivity contribution in [2.45, 2.75) is 27.0 Å². The summed E-state index contributed by atoms with van der Waals surface area (Å²) in [5.41, 5.74) is 2.28. The van der Waals surface area contributed by atoms with Crippen LogP contribution in [0, 0.1) is 13.8 Å². The highest BCUT2D eigenvalue weighted by molar-refractivity contribution is 9.10. The fourth-order valence-electron chi connectivity index (χ4n) is 2.58. The van der Waals surface area contributed by atoms with Crippen LogP contribution in [0.1, 0.15) is 27.4 Å². The van der Waals surface area contributed by atoms with Gasteiger partial charge in [-0.1, -0.05) is 6.07 Å². The SMILES string of the molecule is Cc1cc(C)cc(OCc2ccc(C(=O)NCCn3cc(Br)cn3)o2)c1. The molecule has 3 rings (SSSR count). The molecular formula is C19H20BrN3O3. The van der Waals surface area contributed by atoms with Crippen LogP contribution in [0.25, 0.3) is 0 Å². The van der Waals surface area contributed by atoms with Crippen molar-refractivity contribution in [3.8, 4) is 5.75 Å². The summed E-state index contributed by atoms with van der Waals surface area (Å²) in [6.07, 6.45) is 3.55. The normalized spacial score (nSPS) is 10.7. The molecule has 1 N–H and O–H groups in total. The minimum atomic E-state index is -0.256. The third-order valence-corrected chi connectivity index (χ3v) is 4.10. The molecule has 0 aliphatic rings. The minimum absolute atomic E-state index is 0.256. The number of halogens is 1. The number of furan rings is 1. The van der Waals surface area contributed by atoms with E-state index in [0.29, 0.717) is 18.8 Å². The highest BCUT2D eigenvalue weighted by atomic mass is 79.9. The first-order chi connectivity index (χ1) is 12.5. The van der Waals surface area contributed by atoms with Gasteiger partial charge in [-0.05, 0) is 65.2 Å². The molecule has 0 aliphatic heterocycles. The molecule has 0 spiro atoms. The van der Waals surface area contributed by atoms with Gasteiger partial charge in [-0.3, -0.25) is 9.48 Å². The Hall–Kier alpha value is -2.54. The van der Waals surface area contributed by atoms with E-state index in [1.54, 1.807) is 23.0 Å². The quantitative estimate of drug-likeness (QED) is 0.633. The predicted octanol–water partition coefficient (Wildman–Crippen LogP) is 3.86. The van der Waals surface area contributed by atoms with Gasteiger partial charge in [0.05, 0.1) is 17.2 Å². The van der Waals surface area contributed by atoms with E-state index < -0.39 is 0 Å². The third-order valence-electron chi connectivity index (χ3n) is 3.69. The van der Waals surface area contributed by atoms with Crippen molar-refractivity contribution in [1.29, 1.82) is 0 Å². The summed E-state index contributed by atoms with van der Waals surface area (Å²) in [5.74, 6) is 1.40. The molecule has 0 saturated carbocycles. The van der Waals surface area contributed by atoms with Crippen LogP contribution in [0.2, 0.25) is 0 Å². The number of nitrogens with one attached hydrogen (secondary N) is 1. The zero-order chi connectivity index (χ0) is 18.5. The van der Waals surface area contributed by atoms with E-state index in [1.165, 1.54) is 0 Å². The second-order valence-corrected chi connectivity index (χ2v) is 6.97. The molecule has 0 bridgehead atoms. The number of aryl methyl sites for hydroxylation is 2. The lowest BCUT2D eigenvalue weighted by atomic mass is 10.1. The van der Waals surface area contributed by atoms with Crippen molar-refractivity contribution in [3.63, 3.8) is 0 Å². The number of benzene rings is 1. The van der Waals surface area contributed by atoms with Gasteiger partial charge in [0, 0.05) is 12.7 Å². The van der Waals surface area contributed by atoms with Crippen LogP contribution in [0.5, 0.6) is 5.75 Å². The molecule has 0 saturated heterocycles. The summed E-state index contributed by atoms with van der Waals surface area (Å²) < 4.78 is 14.0. The molecule has 26 heavy (non-hydrogen) atoms. The lowest BCUT2D eigenvalue weighted by molar-refractivity contribution is 0.0920. The van der Waals surface area contributed by atoms with Gasteiger partial charge in [-0.15, -0.1) is 0 Å². The van der Waals surface area contributed by atoms with Crippen LogP contribution in [0.15, 0.2) is 51.6 Å². The van der Waals surface area contributed by atoms with Crippen molar-refractivity contribution in [2.75, 3.05) is 6.54 Å². The van der Waals surface area contributed by atoms with Gasteiger partial charge in [-0.25, -0.2) is 0 Å². The molecule has 2 heterocycles. The summed E-state index contributed by atoms with van der Waals surface area (Å²) >= 11 is 3.33. The monoisotopic (exact) mass is 417 g/mol. The molecule has 0 radical (unpaired) electrons. The number of ether oxygens (including phenoxy) is 1. The van der Waals surface area contributed by atoms with Crippen molar-refractivity contribution >= 4 is 21.8 Å². The van der Waals surface area contributed by atoms with E-state index in [9.17, 15) is 4.79 Å². The topological polar surface area (TPSA) is 69.3 Å². The van der Waals surface area contributed by atoms with E-state index in [-0.39, 0.29) is 18.3 Å². The standard InChI is InChI=1S/C19H20BrN3O3/c1-13-7-14(2)9-17(8-13)25-12-16-3-4-18(26-16)19(24)21-5-6-23-11-15(20)10-22-23/h3-4,7-11H,5-6,12H2,1-2H3,(H,21,24). The molecule has 1 amide bonds. The van der Waals surface area contributed by atoms with Crippen molar-refractivity contribution in [2.24, 2.45) is 0 Å². The molecule has 0 fully saturated rings. The maximum atomic E-state index is 12.1. The molecule has 2 aromatic heterocycles. The molecule has 0 unspecified atom stereocenters. The number of carbonyl (C=O) groups is 1. The smallest absolute Gasteiger partial charge is 0.287 e. The zero-order valence-electron chi connectivity index (χ0n) is 14.7. The van der Waals surface area contributed by atoms with Crippen LogP contribution >= 0.6 is 15.9 Å². The zero-order valence-corrected chi connectivity index (χ0v) is 16.2. The number of carbonyl (C=O) groups excluding carboxylic acids is 1. The Morgan fingerprint density at radius 2 is 2.04 bits per heavy atom. The average molecular weight is 418 g/mol. The summed E-state index contributed by atoms with van der Waals surface area (Å²) in [5, 5.41) is 6.94. The molecule has 7 heteroatoms. The minimum Gasteiger partial charge on any atom is -0.486 e. The maximum Gasteiger partial charge on any atom is 0.287 e. The van der Waals surface area contributed by atoms with Gasteiger partial charge >= 0.3 is 0 Å². The summed E-state index contributed by atoms with van der Waals surface area (Å²) in [6.45, 7) is 5.37.